The maximum absolute atomic E-state index is 4.33. The van der Waals surface area contributed by atoms with E-state index in [0.717, 1.165) is 18.6 Å². The van der Waals surface area contributed by atoms with Crippen LogP contribution in [0.25, 0.3) is 10.9 Å². The first-order valence-corrected chi connectivity index (χ1v) is 7.71. The Labute approximate surface area is 124 Å². The molecule has 0 saturated carbocycles. The molecule has 96 valence electrons. The van der Waals surface area contributed by atoms with E-state index in [2.05, 4.69) is 62.6 Å². The lowest BCUT2D eigenvalue weighted by molar-refractivity contribution is 0.701. The normalized spacial score (nSPS) is 11.0. The molecule has 0 radical (unpaired) electrons. The van der Waals surface area contributed by atoms with E-state index in [9.17, 15) is 0 Å². The third-order valence-corrected chi connectivity index (χ3v) is 4.55. The standard InChI is InChI=1S/C15H13BrN2S/c16-15-6-4-13(19-15)10-17-9-11-3-5-14-12(8-11)2-1-7-18-14/h1-8,17H,9-10H2. The molecule has 2 aromatic heterocycles. The Kier molecular flexibility index (Phi) is 3.92. The highest BCUT2D eigenvalue weighted by Crippen LogP contribution is 2.22. The third kappa shape index (κ3) is 3.21. The van der Waals surface area contributed by atoms with Crippen molar-refractivity contribution in [3.05, 3.63) is 62.9 Å². The second-order valence-electron chi connectivity index (χ2n) is 4.34. The van der Waals surface area contributed by atoms with E-state index >= 15 is 0 Å². The molecule has 1 aromatic carbocycles. The minimum atomic E-state index is 0.875. The van der Waals surface area contributed by atoms with E-state index < -0.39 is 0 Å². The monoisotopic (exact) mass is 332 g/mol. The van der Waals surface area contributed by atoms with Crippen molar-refractivity contribution >= 4 is 38.2 Å². The van der Waals surface area contributed by atoms with Crippen LogP contribution in [-0.4, -0.2) is 4.98 Å². The lowest BCUT2D eigenvalue weighted by Gasteiger charge is -2.05. The van der Waals surface area contributed by atoms with E-state index in [1.807, 2.05) is 12.3 Å². The predicted molar refractivity (Wildman–Crippen MR) is 84.3 cm³/mol. The van der Waals surface area contributed by atoms with E-state index in [1.165, 1.54) is 19.6 Å². The van der Waals surface area contributed by atoms with E-state index in [4.69, 9.17) is 0 Å². The zero-order valence-corrected chi connectivity index (χ0v) is 12.7. The van der Waals surface area contributed by atoms with Crippen LogP contribution in [0.3, 0.4) is 0 Å². The lowest BCUT2D eigenvalue weighted by Crippen LogP contribution is -2.11. The highest BCUT2D eigenvalue weighted by atomic mass is 79.9. The molecule has 4 heteroatoms. The van der Waals surface area contributed by atoms with Crippen molar-refractivity contribution < 1.29 is 0 Å². The van der Waals surface area contributed by atoms with Gasteiger partial charge in [-0.1, -0.05) is 12.1 Å². The van der Waals surface area contributed by atoms with E-state index in [1.54, 1.807) is 11.3 Å². The number of nitrogens with one attached hydrogen (secondary N) is 1. The number of aromatic nitrogens is 1. The predicted octanol–water partition coefficient (Wildman–Crippen LogP) is 4.35. The summed E-state index contributed by atoms with van der Waals surface area (Å²) >= 11 is 5.25. The minimum absolute atomic E-state index is 0.875. The summed E-state index contributed by atoms with van der Waals surface area (Å²) in [4.78, 5) is 5.67. The Morgan fingerprint density at radius 1 is 1.11 bits per heavy atom. The maximum atomic E-state index is 4.33. The minimum Gasteiger partial charge on any atom is -0.308 e. The molecule has 0 bridgehead atoms. The molecule has 0 spiro atoms. The molecule has 0 fully saturated rings. The number of benzene rings is 1. The van der Waals surface area contributed by atoms with Crippen molar-refractivity contribution in [3.8, 4) is 0 Å². The zero-order chi connectivity index (χ0) is 13.1. The van der Waals surface area contributed by atoms with Gasteiger partial charge in [0.15, 0.2) is 0 Å². The molecule has 2 heterocycles. The Bertz CT molecular complexity index is 693. The van der Waals surface area contributed by atoms with Gasteiger partial charge in [-0.3, -0.25) is 4.98 Å². The van der Waals surface area contributed by atoms with Gasteiger partial charge in [-0.2, -0.15) is 0 Å². The van der Waals surface area contributed by atoms with Crippen LogP contribution < -0.4 is 5.32 Å². The molecular weight excluding hydrogens is 320 g/mol. The fraction of sp³-hybridized carbons (Fsp3) is 0.133. The van der Waals surface area contributed by atoms with Crippen LogP contribution in [0.2, 0.25) is 0 Å². The molecule has 2 nitrogen and oxygen atoms in total. The van der Waals surface area contributed by atoms with Crippen LogP contribution in [-0.2, 0) is 13.1 Å². The van der Waals surface area contributed by atoms with Crippen molar-refractivity contribution in [1.29, 1.82) is 0 Å². The van der Waals surface area contributed by atoms with Gasteiger partial charge in [0.1, 0.15) is 0 Å². The van der Waals surface area contributed by atoms with Crippen LogP contribution in [0.5, 0.6) is 0 Å². The van der Waals surface area contributed by atoms with Crippen LogP contribution >= 0.6 is 27.3 Å². The summed E-state index contributed by atoms with van der Waals surface area (Å²) in [5.74, 6) is 0. The maximum Gasteiger partial charge on any atom is 0.0702 e. The highest BCUT2D eigenvalue weighted by molar-refractivity contribution is 9.11. The number of hydrogen-bond donors (Lipinski definition) is 1. The first-order valence-electron chi connectivity index (χ1n) is 6.10. The summed E-state index contributed by atoms with van der Waals surface area (Å²) in [7, 11) is 0. The molecule has 0 saturated heterocycles. The van der Waals surface area contributed by atoms with Gasteiger partial charge in [-0.25, -0.2) is 0 Å². The van der Waals surface area contributed by atoms with Gasteiger partial charge in [0, 0.05) is 29.5 Å². The molecule has 0 unspecified atom stereocenters. The van der Waals surface area contributed by atoms with Crippen LogP contribution in [0.1, 0.15) is 10.4 Å². The SMILES string of the molecule is Brc1ccc(CNCc2ccc3ncccc3c2)s1. The van der Waals surface area contributed by atoms with Crippen molar-refractivity contribution in [2.45, 2.75) is 13.1 Å². The second-order valence-corrected chi connectivity index (χ2v) is 6.89. The summed E-state index contributed by atoms with van der Waals surface area (Å²) in [6.07, 6.45) is 1.83. The van der Waals surface area contributed by atoms with Gasteiger partial charge >= 0.3 is 0 Å². The molecule has 1 N–H and O–H groups in total. The molecule has 0 aliphatic heterocycles. The topological polar surface area (TPSA) is 24.9 Å². The van der Waals surface area contributed by atoms with Gasteiger partial charge < -0.3 is 5.32 Å². The zero-order valence-electron chi connectivity index (χ0n) is 10.3. The molecule has 0 atom stereocenters. The summed E-state index contributed by atoms with van der Waals surface area (Å²) in [6.45, 7) is 1.78. The Morgan fingerprint density at radius 3 is 2.89 bits per heavy atom. The van der Waals surface area contributed by atoms with Gasteiger partial charge in [-0.15, -0.1) is 11.3 Å². The summed E-state index contributed by atoms with van der Waals surface area (Å²) in [5.41, 5.74) is 2.34. The smallest absolute Gasteiger partial charge is 0.0702 e. The Balaban J connectivity index is 1.65. The highest BCUT2D eigenvalue weighted by Gasteiger charge is 1.99. The van der Waals surface area contributed by atoms with Crippen LogP contribution in [0.15, 0.2) is 52.4 Å². The summed E-state index contributed by atoms with van der Waals surface area (Å²) < 4.78 is 1.18. The molecule has 19 heavy (non-hydrogen) atoms. The summed E-state index contributed by atoms with van der Waals surface area (Å²) in [5, 5.41) is 4.66. The number of fused-ring (bicyclic) bond motifs is 1. The average Bonchev–Trinajstić information content (AvgIpc) is 2.84. The summed E-state index contributed by atoms with van der Waals surface area (Å²) in [6, 6.07) is 14.7. The van der Waals surface area contributed by atoms with Crippen molar-refractivity contribution in [2.24, 2.45) is 0 Å². The molecule has 0 aliphatic rings. The molecule has 3 rings (SSSR count). The number of rotatable bonds is 4. The van der Waals surface area contributed by atoms with Crippen LogP contribution in [0, 0.1) is 0 Å². The number of halogens is 1. The number of pyridine rings is 1. The van der Waals surface area contributed by atoms with Crippen LogP contribution in [0.4, 0.5) is 0 Å². The largest absolute Gasteiger partial charge is 0.308 e. The lowest BCUT2D eigenvalue weighted by atomic mass is 10.1. The number of nitrogens with zero attached hydrogens (tertiary/aromatic N) is 1. The second kappa shape index (κ2) is 5.82. The van der Waals surface area contributed by atoms with Gasteiger partial charge in [0.2, 0.25) is 0 Å². The quantitative estimate of drug-likeness (QED) is 0.768. The first kappa shape index (κ1) is 12.8. The van der Waals surface area contributed by atoms with Gasteiger partial charge in [0.05, 0.1) is 9.30 Å². The molecule has 0 amide bonds. The molecule has 3 aromatic rings. The fourth-order valence-corrected chi connectivity index (χ4v) is 3.46. The van der Waals surface area contributed by atoms with Gasteiger partial charge in [0.25, 0.3) is 0 Å². The third-order valence-electron chi connectivity index (χ3n) is 2.92. The first-order chi connectivity index (χ1) is 9.31. The molecule has 0 aliphatic carbocycles. The fourth-order valence-electron chi connectivity index (χ4n) is 2.01. The van der Waals surface area contributed by atoms with Crippen molar-refractivity contribution in [1.82, 2.24) is 10.3 Å². The molecular formula is C15H13BrN2S. The van der Waals surface area contributed by atoms with Crippen molar-refractivity contribution in [2.75, 3.05) is 0 Å². The van der Waals surface area contributed by atoms with Crippen molar-refractivity contribution in [3.63, 3.8) is 0 Å². The number of hydrogen-bond acceptors (Lipinski definition) is 3. The van der Waals surface area contributed by atoms with E-state index in [-0.39, 0.29) is 0 Å². The Hall–Kier alpha value is -1.23. The van der Waals surface area contributed by atoms with E-state index in [0.29, 0.717) is 0 Å². The Morgan fingerprint density at radius 2 is 2.05 bits per heavy atom. The average molecular weight is 333 g/mol. The van der Waals surface area contributed by atoms with Gasteiger partial charge in [-0.05, 0) is 51.8 Å². The number of thiophene rings is 1.